The first kappa shape index (κ1) is 15.4. The molecule has 0 fully saturated rings. The van der Waals surface area contributed by atoms with Crippen LogP contribution in [0.1, 0.15) is 28.9 Å². The molecule has 0 spiro atoms. The summed E-state index contributed by atoms with van der Waals surface area (Å²) in [6, 6.07) is 13.2. The number of carbonyl (C=O) groups excluding carboxylic acids is 1. The van der Waals surface area contributed by atoms with E-state index in [0.29, 0.717) is 16.9 Å². The maximum absolute atomic E-state index is 11.8. The van der Waals surface area contributed by atoms with Crippen LogP contribution in [0.3, 0.4) is 0 Å². The number of carbonyl (C=O) groups is 1. The molecule has 21 heavy (non-hydrogen) atoms. The Kier molecular flexibility index (Phi) is 4.85. The van der Waals surface area contributed by atoms with Gasteiger partial charge in [0, 0.05) is 10.5 Å². The lowest BCUT2D eigenvalue weighted by Crippen LogP contribution is -2.13. The maximum Gasteiger partial charge on any atom is 0.340 e. The quantitative estimate of drug-likeness (QED) is 0.647. The third kappa shape index (κ3) is 3.55. The number of methoxy groups -OCH3 is 1. The summed E-state index contributed by atoms with van der Waals surface area (Å²) in [5.41, 5.74) is 8.63. The van der Waals surface area contributed by atoms with Gasteiger partial charge < -0.3 is 15.8 Å². The lowest BCUT2D eigenvalue weighted by atomic mass is 10.1. The van der Waals surface area contributed by atoms with Gasteiger partial charge in [-0.15, -0.1) is 0 Å². The maximum atomic E-state index is 11.8. The van der Waals surface area contributed by atoms with Gasteiger partial charge in [0.05, 0.1) is 24.0 Å². The fourth-order valence-electron chi connectivity index (χ4n) is 2.06. The number of nitrogen functional groups attached to an aromatic ring is 1. The van der Waals surface area contributed by atoms with Crippen LogP contribution in [0, 0.1) is 0 Å². The Labute approximate surface area is 132 Å². The molecule has 0 amide bonds. The van der Waals surface area contributed by atoms with Crippen LogP contribution >= 0.6 is 15.9 Å². The van der Waals surface area contributed by atoms with Crippen molar-refractivity contribution in [2.45, 2.75) is 13.0 Å². The lowest BCUT2D eigenvalue weighted by Gasteiger charge is -2.19. The van der Waals surface area contributed by atoms with Crippen LogP contribution in [-0.2, 0) is 4.74 Å². The van der Waals surface area contributed by atoms with E-state index in [1.54, 1.807) is 18.2 Å². The Morgan fingerprint density at radius 3 is 2.52 bits per heavy atom. The van der Waals surface area contributed by atoms with E-state index < -0.39 is 5.97 Å². The zero-order valence-electron chi connectivity index (χ0n) is 11.9. The molecule has 110 valence electrons. The molecule has 0 saturated heterocycles. The van der Waals surface area contributed by atoms with Crippen LogP contribution in [-0.4, -0.2) is 13.1 Å². The highest BCUT2D eigenvalue weighted by Crippen LogP contribution is 2.29. The van der Waals surface area contributed by atoms with Crippen LogP contribution in [0.15, 0.2) is 46.9 Å². The van der Waals surface area contributed by atoms with Gasteiger partial charge in [-0.2, -0.15) is 0 Å². The molecule has 0 aliphatic heterocycles. The van der Waals surface area contributed by atoms with Gasteiger partial charge >= 0.3 is 5.97 Å². The van der Waals surface area contributed by atoms with E-state index in [-0.39, 0.29) is 6.04 Å². The molecule has 0 heterocycles. The average molecular weight is 349 g/mol. The van der Waals surface area contributed by atoms with Gasteiger partial charge in [0.15, 0.2) is 0 Å². The second kappa shape index (κ2) is 6.63. The van der Waals surface area contributed by atoms with E-state index in [0.717, 1.165) is 10.0 Å². The van der Waals surface area contributed by atoms with Gasteiger partial charge in [-0.1, -0.05) is 34.1 Å². The number of nitrogens with two attached hydrogens (primary N) is 1. The first-order valence-electron chi connectivity index (χ1n) is 6.51. The second-order valence-corrected chi connectivity index (χ2v) is 5.59. The van der Waals surface area contributed by atoms with E-state index in [1.165, 1.54) is 7.11 Å². The summed E-state index contributed by atoms with van der Waals surface area (Å²) in [5, 5.41) is 3.29. The number of para-hydroxylation sites is 1. The number of hydrogen-bond acceptors (Lipinski definition) is 4. The highest BCUT2D eigenvalue weighted by Gasteiger charge is 2.16. The van der Waals surface area contributed by atoms with Gasteiger partial charge in [-0.25, -0.2) is 4.79 Å². The first-order chi connectivity index (χ1) is 10.0. The molecule has 0 aliphatic rings. The van der Waals surface area contributed by atoms with Crippen molar-refractivity contribution in [1.82, 2.24) is 0 Å². The Balaban J connectivity index is 2.30. The van der Waals surface area contributed by atoms with Crippen LogP contribution in [0.5, 0.6) is 0 Å². The molecular weight excluding hydrogens is 332 g/mol. The first-order valence-corrected chi connectivity index (χ1v) is 7.31. The topological polar surface area (TPSA) is 64.3 Å². The zero-order chi connectivity index (χ0) is 15.4. The van der Waals surface area contributed by atoms with Crippen molar-refractivity contribution in [1.29, 1.82) is 0 Å². The number of benzene rings is 2. The number of anilines is 2. The summed E-state index contributed by atoms with van der Waals surface area (Å²) in [6.07, 6.45) is 0. The second-order valence-electron chi connectivity index (χ2n) is 4.68. The van der Waals surface area contributed by atoms with E-state index in [9.17, 15) is 4.79 Å². The van der Waals surface area contributed by atoms with Gasteiger partial charge in [0.25, 0.3) is 0 Å². The summed E-state index contributed by atoms with van der Waals surface area (Å²) in [4.78, 5) is 11.8. The number of rotatable bonds is 4. The highest BCUT2D eigenvalue weighted by molar-refractivity contribution is 9.10. The van der Waals surface area contributed by atoms with E-state index >= 15 is 0 Å². The van der Waals surface area contributed by atoms with Crippen molar-refractivity contribution in [2.24, 2.45) is 0 Å². The molecule has 0 saturated carbocycles. The largest absolute Gasteiger partial charge is 0.465 e. The van der Waals surface area contributed by atoms with Gasteiger partial charge in [-0.3, -0.25) is 0 Å². The number of halogens is 1. The smallest absolute Gasteiger partial charge is 0.340 e. The minimum Gasteiger partial charge on any atom is -0.465 e. The average Bonchev–Trinajstić information content (AvgIpc) is 2.49. The molecule has 1 atom stereocenters. The standard InChI is InChI=1S/C16H17BrN2O2/c1-10(11-6-8-12(17)9-7-11)19-15-13(16(20)21-2)4-3-5-14(15)18/h3-10,19H,18H2,1-2H3. The van der Waals surface area contributed by atoms with Crippen LogP contribution < -0.4 is 11.1 Å². The molecule has 2 aromatic rings. The van der Waals surface area contributed by atoms with Crippen molar-refractivity contribution in [3.05, 3.63) is 58.1 Å². The Morgan fingerprint density at radius 2 is 1.90 bits per heavy atom. The van der Waals surface area contributed by atoms with Crippen molar-refractivity contribution >= 4 is 33.3 Å². The summed E-state index contributed by atoms with van der Waals surface area (Å²) in [7, 11) is 1.35. The molecule has 5 heteroatoms. The number of esters is 1. The van der Waals surface area contributed by atoms with Gasteiger partial charge in [-0.05, 0) is 36.8 Å². The van der Waals surface area contributed by atoms with Crippen LogP contribution in [0.25, 0.3) is 0 Å². The number of ether oxygens (including phenoxy) is 1. The van der Waals surface area contributed by atoms with Crippen molar-refractivity contribution in [3.8, 4) is 0 Å². The van der Waals surface area contributed by atoms with Gasteiger partial charge in [0.2, 0.25) is 0 Å². The third-order valence-corrected chi connectivity index (χ3v) is 3.76. The fraction of sp³-hybridized carbons (Fsp3) is 0.188. The lowest BCUT2D eigenvalue weighted by molar-refractivity contribution is 0.0602. The van der Waals surface area contributed by atoms with E-state index in [2.05, 4.69) is 21.2 Å². The molecule has 2 aromatic carbocycles. The minimum atomic E-state index is -0.409. The van der Waals surface area contributed by atoms with Crippen molar-refractivity contribution in [2.75, 3.05) is 18.2 Å². The molecule has 3 N–H and O–H groups in total. The molecule has 1 unspecified atom stereocenters. The molecule has 4 nitrogen and oxygen atoms in total. The van der Waals surface area contributed by atoms with Crippen molar-refractivity contribution < 1.29 is 9.53 Å². The zero-order valence-corrected chi connectivity index (χ0v) is 13.5. The van der Waals surface area contributed by atoms with Crippen molar-refractivity contribution in [3.63, 3.8) is 0 Å². The summed E-state index contributed by atoms with van der Waals surface area (Å²) in [6.45, 7) is 2.01. The third-order valence-electron chi connectivity index (χ3n) is 3.23. The molecule has 2 rings (SSSR count). The summed E-state index contributed by atoms with van der Waals surface area (Å²) in [5.74, 6) is -0.409. The Bertz CT molecular complexity index is 641. The molecule has 0 aromatic heterocycles. The van der Waals surface area contributed by atoms with Gasteiger partial charge in [0.1, 0.15) is 0 Å². The number of hydrogen-bond donors (Lipinski definition) is 2. The monoisotopic (exact) mass is 348 g/mol. The molecule has 0 radical (unpaired) electrons. The molecule has 0 bridgehead atoms. The van der Waals surface area contributed by atoms with Crippen LogP contribution in [0.4, 0.5) is 11.4 Å². The summed E-state index contributed by atoms with van der Waals surface area (Å²) < 4.78 is 5.82. The molecule has 0 aliphatic carbocycles. The Hall–Kier alpha value is -2.01. The van der Waals surface area contributed by atoms with E-state index in [4.69, 9.17) is 10.5 Å². The summed E-state index contributed by atoms with van der Waals surface area (Å²) >= 11 is 3.41. The predicted molar refractivity (Wildman–Crippen MR) is 88.4 cm³/mol. The minimum absolute atomic E-state index is 0.00575. The fourth-order valence-corrected chi connectivity index (χ4v) is 2.33. The van der Waals surface area contributed by atoms with E-state index in [1.807, 2.05) is 31.2 Å². The highest BCUT2D eigenvalue weighted by atomic mass is 79.9. The molecular formula is C16H17BrN2O2. The predicted octanol–water partition coefficient (Wildman–Crippen LogP) is 3.99. The normalized spacial score (nSPS) is 11.8. The Morgan fingerprint density at radius 1 is 1.24 bits per heavy atom. The number of nitrogens with one attached hydrogen (secondary N) is 1. The van der Waals surface area contributed by atoms with Crippen LogP contribution in [0.2, 0.25) is 0 Å². The SMILES string of the molecule is COC(=O)c1cccc(N)c1NC(C)c1ccc(Br)cc1.